The zero-order valence-corrected chi connectivity index (χ0v) is 13.3. The van der Waals surface area contributed by atoms with E-state index in [1.54, 1.807) is 0 Å². The summed E-state index contributed by atoms with van der Waals surface area (Å²) in [5.41, 5.74) is 0.805. The van der Waals surface area contributed by atoms with Crippen LogP contribution in [0.1, 0.15) is 24.5 Å². The quantitative estimate of drug-likeness (QED) is 0.522. The summed E-state index contributed by atoms with van der Waals surface area (Å²) in [6, 6.07) is 19.1. The maximum absolute atomic E-state index is 11.8. The van der Waals surface area contributed by atoms with Gasteiger partial charge in [0, 0.05) is 6.61 Å². The van der Waals surface area contributed by atoms with Crippen molar-refractivity contribution in [2.45, 2.75) is 18.9 Å². The first kappa shape index (κ1) is 17.0. The highest BCUT2D eigenvalue weighted by molar-refractivity contribution is 5.76. The number of benzene rings is 2. The van der Waals surface area contributed by atoms with E-state index in [9.17, 15) is 4.79 Å². The number of methoxy groups -OCH3 is 1. The topological polar surface area (TPSA) is 44.8 Å². The standard InChI is InChI=1S/C19H22O4/c1-21-19(20)18(16-10-4-2-5-11-16)23-15-9-8-14-22-17-12-6-3-7-13-17/h2-7,10-13,18H,8-9,14-15H2,1H3. The van der Waals surface area contributed by atoms with Crippen LogP contribution in [0.2, 0.25) is 0 Å². The predicted octanol–water partition coefficient (Wildman–Crippen LogP) is 3.78. The lowest BCUT2D eigenvalue weighted by Gasteiger charge is -2.16. The summed E-state index contributed by atoms with van der Waals surface area (Å²) in [6.07, 6.45) is 1.00. The first-order chi connectivity index (χ1) is 11.3. The first-order valence-corrected chi connectivity index (χ1v) is 7.73. The lowest BCUT2D eigenvalue weighted by molar-refractivity contribution is -0.154. The van der Waals surface area contributed by atoms with Crippen molar-refractivity contribution in [2.75, 3.05) is 20.3 Å². The average Bonchev–Trinajstić information content (AvgIpc) is 2.62. The molecule has 0 aliphatic heterocycles. The van der Waals surface area contributed by atoms with Gasteiger partial charge in [0.05, 0.1) is 13.7 Å². The second kappa shape index (κ2) is 9.64. The minimum atomic E-state index is -0.670. The molecule has 122 valence electrons. The van der Waals surface area contributed by atoms with Crippen molar-refractivity contribution in [3.05, 3.63) is 66.2 Å². The van der Waals surface area contributed by atoms with E-state index in [1.165, 1.54) is 7.11 Å². The number of para-hydroxylation sites is 1. The Kier molecular flexibility index (Phi) is 7.14. The lowest BCUT2D eigenvalue weighted by Crippen LogP contribution is -2.18. The fraction of sp³-hybridized carbons (Fsp3) is 0.316. The van der Waals surface area contributed by atoms with Crippen LogP contribution in [-0.2, 0) is 14.3 Å². The van der Waals surface area contributed by atoms with Gasteiger partial charge in [0.2, 0.25) is 0 Å². The number of esters is 1. The molecule has 0 radical (unpaired) electrons. The molecule has 2 rings (SSSR count). The highest BCUT2D eigenvalue weighted by atomic mass is 16.6. The Bertz CT molecular complexity index is 568. The summed E-state index contributed by atoms with van der Waals surface area (Å²) in [5, 5.41) is 0. The van der Waals surface area contributed by atoms with Crippen LogP contribution in [0.15, 0.2) is 60.7 Å². The Balaban J connectivity index is 1.71. The van der Waals surface area contributed by atoms with Crippen LogP contribution in [-0.4, -0.2) is 26.3 Å². The van der Waals surface area contributed by atoms with Gasteiger partial charge in [-0.1, -0.05) is 48.5 Å². The number of unbranched alkanes of at least 4 members (excludes halogenated alkanes) is 1. The van der Waals surface area contributed by atoms with E-state index in [4.69, 9.17) is 14.2 Å². The van der Waals surface area contributed by atoms with Gasteiger partial charge in [-0.15, -0.1) is 0 Å². The van der Waals surface area contributed by atoms with Crippen molar-refractivity contribution in [3.63, 3.8) is 0 Å². The molecule has 0 heterocycles. The molecule has 0 saturated heterocycles. The van der Waals surface area contributed by atoms with E-state index in [2.05, 4.69) is 0 Å². The highest BCUT2D eigenvalue weighted by Crippen LogP contribution is 2.19. The van der Waals surface area contributed by atoms with Crippen LogP contribution in [0.4, 0.5) is 0 Å². The molecule has 2 aromatic rings. The minimum Gasteiger partial charge on any atom is -0.494 e. The molecule has 1 atom stereocenters. The van der Waals surface area contributed by atoms with Gasteiger partial charge in [0.1, 0.15) is 5.75 Å². The zero-order chi connectivity index (χ0) is 16.3. The second-order valence-corrected chi connectivity index (χ2v) is 5.05. The fourth-order valence-electron chi connectivity index (χ4n) is 2.15. The molecule has 4 heteroatoms. The Morgan fingerprint density at radius 1 is 0.913 bits per heavy atom. The molecular weight excluding hydrogens is 292 g/mol. The van der Waals surface area contributed by atoms with Gasteiger partial charge in [-0.3, -0.25) is 0 Å². The van der Waals surface area contributed by atoms with E-state index in [-0.39, 0.29) is 5.97 Å². The number of hydrogen-bond donors (Lipinski definition) is 0. The fourth-order valence-corrected chi connectivity index (χ4v) is 2.15. The SMILES string of the molecule is COC(=O)C(OCCCCOc1ccccc1)c1ccccc1. The maximum atomic E-state index is 11.8. The molecule has 0 saturated carbocycles. The molecule has 0 amide bonds. The van der Waals surface area contributed by atoms with Crippen molar-refractivity contribution in [2.24, 2.45) is 0 Å². The van der Waals surface area contributed by atoms with E-state index < -0.39 is 6.10 Å². The Morgan fingerprint density at radius 3 is 2.17 bits per heavy atom. The van der Waals surface area contributed by atoms with Crippen molar-refractivity contribution >= 4 is 5.97 Å². The number of ether oxygens (including phenoxy) is 3. The number of carbonyl (C=O) groups is 1. The van der Waals surface area contributed by atoms with Crippen LogP contribution in [0.25, 0.3) is 0 Å². The minimum absolute atomic E-state index is 0.378. The Hall–Kier alpha value is -2.33. The highest BCUT2D eigenvalue weighted by Gasteiger charge is 2.21. The largest absolute Gasteiger partial charge is 0.494 e. The maximum Gasteiger partial charge on any atom is 0.339 e. The molecule has 0 fully saturated rings. The number of hydrogen-bond acceptors (Lipinski definition) is 4. The molecular formula is C19H22O4. The van der Waals surface area contributed by atoms with Crippen LogP contribution < -0.4 is 4.74 Å². The molecule has 0 aromatic heterocycles. The van der Waals surface area contributed by atoms with Gasteiger partial charge in [-0.05, 0) is 30.5 Å². The van der Waals surface area contributed by atoms with Gasteiger partial charge in [0.25, 0.3) is 0 Å². The molecule has 0 spiro atoms. The molecule has 1 unspecified atom stereocenters. The Morgan fingerprint density at radius 2 is 1.52 bits per heavy atom. The smallest absolute Gasteiger partial charge is 0.339 e. The summed E-state index contributed by atoms with van der Waals surface area (Å²) in [4.78, 5) is 11.8. The van der Waals surface area contributed by atoms with Crippen molar-refractivity contribution in [1.82, 2.24) is 0 Å². The molecule has 23 heavy (non-hydrogen) atoms. The Labute approximate surface area is 137 Å². The second-order valence-electron chi connectivity index (χ2n) is 5.05. The summed E-state index contributed by atoms with van der Waals surface area (Å²) >= 11 is 0. The van der Waals surface area contributed by atoms with Crippen molar-refractivity contribution in [1.29, 1.82) is 0 Å². The monoisotopic (exact) mass is 314 g/mol. The number of carbonyl (C=O) groups excluding carboxylic acids is 1. The van der Waals surface area contributed by atoms with Crippen LogP contribution in [0, 0.1) is 0 Å². The van der Waals surface area contributed by atoms with E-state index in [1.807, 2.05) is 60.7 Å². The third-order valence-electron chi connectivity index (χ3n) is 3.35. The van der Waals surface area contributed by atoms with Crippen molar-refractivity contribution < 1.29 is 19.0 Å². The third kappa shape index (κ3) is 5.75. The molecule has 0 aliphatic rings. The third-order valence-corrected chi connectivity index (χ3v) is 3.35. The number of rotatable bonds is 9. The van der Waals surface area contributed by atoms with Gasteiger partial charge < -0.3 is 14.2 Å². The van der Waals surface area contributed by atoms with Crippen LogP contribution in [0.5, 0.6) is 5.75 Å². The van der Waals surface area contributed by atoms with Gasteiger partial charge in [-0.25, -0.2) is 4.79 Å². The van der Waals surface area contributed by atoms with Gasteiger partial charge in [-0.2, -0.15) is 0 Å². The van der Waals surface area contributed by atoms with Crippen molar-refractivity contribution in [3.8, 4) is 5.75 Å². The van der Waals surface area contributed by atoms with E-state index in [0.29, 0.717) is 13.2 Å². The van der Waals surface area contributed by atoms with Gasteiger partial charge in [0.15, 0.2) is 6.10 Å². The molecule has 0 N–H and O–H groups in total. The summed E-state index contributed by atoms with van der Waals surface area (Å²) in [6.45, 7) is 1.11. The van der Waals surface area contributed by atoms with Gasteiger partial charge >= 0.3 is 5.97 Å². The molecule has 0 aliphatic carbocycles. The average molecular weight is 314 g/mol. The predicted molar refractivity (Wildman–Crippen MR) is 88.3 cm³/mol. The summed E-state index contributed by atoms with van der Waals surface area (Å²) < 4.78 is 16.1. The molecule has 0 bridgehead atoms. The molecule has 2 aromatic carbocycles. The van der Waals surface area contributed by atoms with E-state index in [0.717, 1.165) is 24.2 Å². The zero-order valence-electron chi connectivity index (χ0n) is 13.3. The summed E-state index contributed by atoms with van der Waals surface area (Å²) in [7, 11) is 1.37. The normalized spacial score (nSPS) is 11.7. The molecule has 4 nitrogen and oxygen atoms in total. The van der Waals surface area contributed by atoms with E-state index >= 15 is 0 Å². The summed E-state index contributed by atoms with van der Waals surface area (Å²) in [5.74, 6) is 0.488. The lowest BCUT2D eigenvalue weighted by atomic mass is 10.1. The first-order valence-electron chi connectivity index (χ1n) is 7.73. The van der Waals surface area contributed by atoms with Crippen LogP contribution >= 0.6 is 0 Å². The van der Waals surface area contributed by atoms with Crippen LogP contribution in [0.3, 0.4) is 0 Å².